The highest BCUT2D eigenvalue weighted by molar-refractivity contribution is 6.29. The fraction of sp³-hybridized carbons (Fsp3) is 0.333. The monoisotopic (exact) mass is 290 g/mol. The van der Waals surface area contributed by atoms with Crippen molar-refractivity contribution in [2.75, 3.05) is 0 Å². The summed E-state index contributed by atoms with van der Waals surface area (Å²) in [5.41, 5.74) is 3.49. The Morgan fingerprint density at radius 3 is 2.90 bits per heavy atom. The van der Waals surface area contributed by atoms with E-state index in [1.807, 2.05) is 10.6 Å². The fourth-order valence-corrected chi connectivity index (χ4v) is 2.75. The Morgan fingerprint density at radius 1 is 1.55 bits per heavy atom. The molecule has 1 heterocycles. The number of hydrogen-bond acceptors (Lipinski definition) is 2. The molecular weight excluding hydrogens is 276 g/mol. The predicted octanol–water partition coefficient (Wildman–Crippen LogP) is 3.08. The number of imidazole rings is 1. The molecule has 0 aliphatic heterocycles. The Hall–Kier alpha value is -1.81. The summed E-state index contributed by atoms with van der Waals surface area (Å²) >= 11 is 5.80. The van der Waals surface area contributed by atoms with E-state index >= 15 is 0 Å². The highest BCUT2D eigenvalue weighted by atomic mass is 35.5. The van der Waals surface area contributed by atoms with Gasteiger partial charge in [-0.2, -0.15) is 0 Å². The summed E-state index contributed by atoms with van der Waals surface area (Å²) in [6, 6.07) is 6.20. The topological polar surface area (TPSA) is 55.1 Å². The largest absolute Gasteiger partial charge is 0.481 e. The second-order valence-corrected chi connectivity index (χ2v) is 5.73. The number of aryl methyl sites for hydroxylation is 1. The molecule has 20 heavy (non-hydrogen) atoms. The second kappa shape index (κ2) is 4.94. The van der Waals surface area contributed by atoms with Crippen LogP contribution in [0.3, 0.4) is 0 Å². The van der Waals surface area contributed by atoms with E-state index in [9.17, 15) is 4.79 Å². The van der Waals surface area contributed by atoms with Crippen LogP contribution in [0.4, 0.5) is 0 Å². The van der Waals surface area contributed by atoms with Gasteiger partial charge in [0.2, 0.25) is 0 Å². The molecule has 1 fully saturated rings. The molecule has 0 radical (unpaired) electrons. The van der Waals surface area contributed by atoms with Crippen molar-refractivity contribution in [1.82, 2.24) is 9.55 Å². The molecule has 1 N–H and O–H groups in total. The van der Waals surface area contributed by atoms with Gasteiger partial charge in [-0.05, 0) is 36.0 Å². The minimum Gasteiger partial charge on any atom is -0.481 e. The molecule has 2 atom stereocenters. The van der Waals surface area contributed by atoms with Gasteiger partial charge in [-0.25, -0.2) is 4.98 Å². The van der Waals surface area contributed by atoms with E-state index in [0.29, 0.717) is 5.15 Å². The van der Waals surface area contributed by atoms with Crippen LogP contribution >= 0.6 is 11.6 Å². The number of hydrogen-bond donors (Lipinski definition) is 1. The molecule has 1 aromatic carbocycles. The van der Waals surface area contributed by atoms with E-state index in [-0.39, 0.29) is 11.8 Å². The van der Waals surface area contributed by atoms with Gasteiger partial charge in [0.25, 0.3) is 0 Å². The minimum atomic E-state index is -0.690. The third-order valence-corrected chi connectivity index (χ3v) is 4.05. The molecule has 1 saturated carbocycles. The summed E-state index contributed by atoms with van der Waals surface area (Å²) in [5.74, 6) is -0.708. The van der Waals surface area contributed by atoms with Crippen molar-refractivity contribution in [1.29, 1.82) is 0 Å². The van der Waals surface area contributed by atoms with Gasteiger partial charge >= 0.3 is 5.97 Å². The zero-order valence-electron chi connectivity index (χ0n) is 11.1. The molecule has 104 valence electrons. The van der Waals surface area contributed by atoms with Crippen molar-refractivity contribution in [3.63, 3.8) is 0 Å². The Kier molecular flexibility index (Phi) is 3.26. The zero-order valence-corrected chi connectivity index (χ0v) is 11.8. The molecule has 0 unspecified atom stereocenters. The first kappa shape index (κ1) is 13.2. The zero-order chi connectivity index (χ0) is 14.3. The maximum atomic E-state index is 10.9. The normalized spacial score (nSPS) is 20.9. The molecule has 5 heteroatoms. The van der Waals surface area contributed by atoms with Crippen LogP contribution in [0.2, 0.25) is 5.15 Å². The Labute approximate surface area is 122 Å². The van der Waals surface area contributed by atoms with Crippen LogP contribution in [0.25, 0.3) is 0 Å². The average molecular weight is 291 g/mol. The maximum absolute atomic E-state index is 10.9. The van der Waals surface area contributed by atoms with E-state index in [2.05, 4.69) is 24.0 Å². The van der Waals surface area contributed by atoms with Crippen LogP contribution in [0.1, 0.15) is 29.0 Å². The molecule has 0 amide bonds. The van der Waals surface area contributed by atoms with Crippen molar-refractivity contribution < 1.29 is 9.90 Å². The molecule has 4 nitrogen and oxygen atoms in total. The molecular formula is C15H15ClN2O2. The van der Waals surface area contributed by atoms with Crippen molar-refractivity contribution >= 4 is 17.6 Å². The van der Waals surface area contributed by atoms with E-state index in [1.54, 1.807) is 12.5 Å². The Morgan fingerprint density at radius 2 is 2.35 bits per heavy atom. The molecule has 1 aliphatic carbocycles. The molecule has 0 saturated heterocycles. The number of carboxylic acids is 1. The van der Waals surface area contributed by atoms with Gasteiger partial charge in [0.1, 0.15) is 5.15 Å². The molecule has 1 aromatic heterocycles. The molecule has 3 rings (SSSR count). The lowest BCUT2D eigenvalue weighted by atomic mass is 10.0. The quantitative estimate of drug-likeness (QED) is 0.941. The summed E-state index contributed by atoms with van der Waals surface area (Å²) in [4.78, 5) is 14.9. The maximum Gasteiger partial charge on any atom is 0.307 e. The standard InChI is InChI=1S/C15H15ClN2O2/c1-9-4-10(12-5-13(12)15(19)20)2-3-11(9)6-18-7-14(16)17-8-18/h2-4,7-8,12-13H,5-6H2,1H3,(H,19,20)/t12-,13+/m0/s1. The van der Waals surface area contributed by atoms with E-state index in [0.717, 1.165) is 18.5 Å². The van der Waals surface area contributed by atoms with Gasteiger partial charge in [-0.3, -0.25) is 4.79 Å². The third-order valence-electron chi connectivity index (χ3n) is 3.86. The summed E-state index contributed by atoms with van der Waals surface area (Å²) in [5, 5.41) is 9.47. The highest BCUT2D eigenvalue weighted by Crippen LogP contribution is 2.47. The molecule has 0 bridgehead atoms. The van der Waals surface area contributed by atoms with Gasteiger partial charge in [-0.15, -0.1) is 0 Å². The molecule has 2 aromatic rings. The van der Waals surface area contributed by atoms with Crippen LogP contribution in [0, 0.1) is 12.8 Å². The second-order valence-electron chi connectivity index (χ2n) is 5.34. The van der Waals surface area contributed by atoms with Crippen LogP contribution in [0.15, 0.2) is 30.7 Å². The number of carbonyl (C=O) groups is 1. The van der Waals surface area contributed by atoms with Gasteiger partial charge in [0.15, 0.2) is 0 Å². The summed E-state index contributed by atoms with van der Waals surface area (Å²) in [7, 11) is 0. The number of aliphatic carboxylic acids is 1. The van der Waals surface area contributed by atoms with Crippen molar-refractivity contribution in [2.24, 2.45) is 5.92 Å². The van der Waals surface area contributed by atoms with E-state index in [1.165, 1.54) is 11.1 Å². The van der Waals surface area contributed by atoms with Crippen molar-refractivity contribution in [3.05, 3.63) is 52.6 Å². The number of rotatable bonds is 4. The average Bonchev–Trinajstić information content (AvgIpc) is 3.10. The molecule has 0 spiro atoms. The van der Waals surface area contributed by atoms with Crippen LogP contribution < -0.4 is 0 Å². The van der Waals surface area contributed by atoms with Gasteiger partial charge in [0, 0.05) is 12.7 Å². The van der Waals surface area contributed by atoms with E-state index < -0.39 is 5.97 Å². The predicted molar refractivity (Wildman–Crippen MR) is 76.0 cm³/mol. The minimum absolute atomic E-state index is 0.183. The Bertz CT molecular complexity index is 666. The molecule has 1 aliphatic rings. The number of halogens is 1. The number of benzene rings is 1. The van der Waals surface area contributed by atoms with Crippen LogP contribution in [-0.2, 0) is 11.3 Å². The van der Waals surface area contributed by atoms with Gasteiger partial charge in [0.05, 0.1) is 12.2 Å². The van der Waals surface area contributed by atoms with Crippen molar-refractivity contribution in [2.45, 2.75) is 25.8 Å². The third kappa shape index (κ3) is 2.56. The van der Waals surface area contributed by atoms with Gasteiger partial charge in [-0.1, -0.05) is 29.8 Å². The number of nitrogens with zero attached hydrogens (tertiary/aromatic N) is 2. The highest BCUT2D eigenvalue weighted by Gasteiger charge is 2.44. The smallest absolute Gasteiger partial charge is 0.307 e. The van der Waals surface area contributed by atoms with E-state index in [4.69, 9.17) is 16.7 Å². The first-order chi connectivity index (χ1) is 9.54. The lowest BCUT2D eigenvalue weighted by molar-refractivity contribution is -0.138. The fourth-order valence-electron chi connectivity index (χ4n) is 2.58. The first-order valence-corrected chi connectivity index (χ1v) is 6.92. The van der Waals surface area contributed by atoms with Crippen molar-refractivity contribution in [3.8, 4) is 0 Å². The first-order valence-electron chi connectivity index (χ1n) is 6.54. The SMILES string of the molecule is Cc1cc([C@@H]2C[C@H]2C(=O)O)ccc1Cn1cnc(Cl)c1. The lowest BCUT2D eigenvalue weighted by Crippen LogP contribution is -2.01. The number of carboxylic acid groups (broad SMARTS) is 1. The van der Waals surface area contributed by atoms with Crippen LogP contribution in [-0.4, -0.2) is 20.6 Å². The number of aromatic nitrogens is 2. The summed E-state index contributed by atoms with van der Waals surface area (Å²) in [6.07, 6.45) is 4.25. The van der Waals surface area contributed by atoms with Crippen LogP contribution in [0.5, 0.6) is 0 Å². The lowest BCUT2D eigenvalue weighted by Gasteiger charge is -2.09. The van der Waals surface area contributed by atoms with Gasteiger partial charge < -0.3 is 9.67 Å². The summed E-state index contributed by atoms with van der Waals surface area (Å²) in [6.45, 7) is 2.77. The Balaban J connectivity index is 1.76. The summed E-state index contributed by atoms with van der Waals surface area (Å²) < 4.78 is 1.93.